The summed E-state index contributed by atoms with van der Waals surface area (Å²) < 4.78 is 10.6. The molecule has 1 fully saturated rings. The number of carbonyl (C=O) groups is 1. The molecule has 0 unspecified atom stereocenters. The fourth-order valence-corrected chi connectivity index (χ4v) is 3.45. The summed E-state index contributed by atoms with van der Waals surface area (Å²) in [6.45, 7) is 3.88. The minimum atomic E-state index is 0. The molecule has 0 spiro atoms. The van der Waals surface area contributed by atoms with E-state index in [0.29, 0.717) is 56.0 Å². The molecule has 2 N–H and O–H groups in total. The molecule has 2 heterocycles. The molecule has 0 aliphatic carbocycles. The Morgan fingerprint density at radius 1 is 1.06 bits per heavy atom. The smallest absolute Gasteiger partial charge is 0.225 e. The standard InChI is InChI=1S/C22H31N7O3.HI/c1-23-21(27-16-17-5-6-18(31-2)19(15-17)32-3)24-10-7-20(30)28-11-13-29(14-12-28)22-25-8-4-9-26-22;/h4-6,8-9,15H,7,10-14,16H2,1-3H3,(H2,23,24,27);1H. The maximum atomic E-state index is 12.6. The van der Waals surface area contributed by atoms with Crippen molar-refractivity contribution in [1.29, 1.82) is 0 Å². The van der Waals surface area contributed by atoms with Crippen LogP contribution in [0.25, 0.3) is 0 Å². The number of hydrogen-bond donors (Lipinski definition) is 2. The van der Waals surface area contributed by atoms with Crippen LogP contribution in [-0.2, 0) is 11.3 Å². The van der Waals surface area contributed by atoms with Crippen LogP contribution >= 0.6 is 24.0 Å². The van der Waals surface area contributed by atoms with E-state index in [1.54, 1.807) is 39.7 Å². The van der Waals surface area contributed by atoms with Crippen LogP contribution in [0.2, 0.25) is 0 Å². The maximum absolute atomic E-state index is 12.6. The summed E-state index contributed by atoms with van der Waals surface area (Å²) in [7, 11) is 4.93. The number of guanidine groups is 1. The minimum Gasteiger partial charge on any atom is -0.493 e. The summed E-state index contributed by atoms with van der Waals surface area (Å²) in [4.78, 5) is 29.3. The lowest BCUT2D eigenvalue weighted by Crippen LogP contribution is -2.50. The molecule has 3 rings (SSSR count). The first-order chi connectivity index (χ1) is 15.6. The summed E-state index contributed by atoms with van der Waals surface area (Å²) in [5, 5.41) is 6.45. The number of anilines is 1. The van der Waals surface area contributed by atoms with Gasteiger partial charge < -0.3 is 29.9 Å². The highest BCUT2D eigenvalue weighted by Gasteiger charge is 2.22. The number of halogens is 1. The molecule has 1 aliphatic rings. The van der Waals surface area contributed by atoms with Crippen molar-refractivity contribution in [2.45, 2.75) is 13.0 Å². The number of piperazine rings is 1. The number of aliphatic imine (C=N–C) groups is 1. The third-order valence-corrected chi connectivity index (χ3v) is 5.23. The second kappa shape index (κ2) is 13.7. The van der Waals surface area contributed by atoms with Crippen LogP contribution in [0.5, 0.6) is 11.5 Å². The van der Waals surface area contributed by atoms with Crippen LogP contribution in [0.3, 0.4) is 0 Å². The summed E-state index contributed by atoms with van der Waals surface area (Å²) in [5.74, 6) is 2.85. The highest BCUT2D eigenvalue weighted by Crippen LogP contribution is 2.27. The summed E-state index contributed by atoms with van der Waals surface area (Å²) in [6.07, 6.45) is 3.87. The van der Waals surface area contributed by atoms with Crippen molar-refractivity contribution in [3.8, 4) is 11.5 Å². The Morgan fingerprint density at radius 2 is 1.76 bits per heavy atom. The first-order valence-electron chi connectivity index (χ1n) is 10.6. The molecule has 0 saturated carbocycles. The maximum Gasteiger partial charge on any atom is 0.225 e. The van der Waals surface area contributed by atoms with Gasteiger partial charge in [0.05, 0.1) is 14.2 Å². The fourth-order valence-electron chi connectivity index (χ4n) is 3.45. The number of methoxy groups -OCH3 is 2. The predicted molar refractivity (Wildman–Crippen MR) is 139 cm³/mol. The van der Waals surface area contributed by atoms with Crippen LogP contribution < -0.4 is 25.0 Å². The average Bonchev–Trinajstić information content (AvgIpc) is 2.86. The Morgan fingerprint density at radius 3 is 2.39 bits per heavy atom. The lowest BCUT2D eigenvalue weighted by atomic mass is 10.2. The zero-order chi connectivity index (χ0) is 22.8. The zero-order valence-electron chi connectivity index (χ0n) is 19.3. The highest BCUT2D eigenvalue weighted by atomic mass is 127. The van der Waals surface area contributed by atoms with Crippen molar-refractivity contribution in [2.75, 3.05) is 58.9 Å². The number of aromatic nitrogens is 2. The van der Waals surface area contributed by atoms with E-state index in [1.807, 2.05) is 23.1 Å². The molecule has 2 aromatic rings. The van der Waals surface area contributed by atoms with E-state index >= 15 is 0 Å². The van der Waals surface area contributed by atoms with Gasteiger partial charge in [-0.05, 0) is 23.8 Å². The Hall–Kier alpha value is -2.83. The second-order valence-corrected chi connectivity index (χ2v) is 7.21. The molecule has 1 aromatic heterocycles. The Kier molecular flexibility index (Phi) is 10.9. The van der Waals surface area contributed by atoms with Gasteiger partial charge in [0.25, 0.3) is 0 Å². The van der Waals surface area contributed by atoms with Crippen molar-refractivity contribution in [3.63, 3.8) is 0 Å². The Bertz CT molecular complexity index is 906. The van der Waals surface area contributed by atoms with Crippen LogP contribution in [0.1, 0.15) is 12.0 Å². The van der Waals surface area contributed by atoms with Crippen LogP contribution in [0, 0.1) is 0 Å². The van der Waals surface area contributed by atoms with Crippen molar-refractivity contribution >= 4 is 41.8 Å². The van der Waals surface area contributed by atoms with Gasteiger partial charge in [-0.1, -0.05) is 6.07 Å². The molecule has 1 aliphatic heterocycles. The van der Waals surface area contributed by atoms with Gasteiger partial charge in [-0.3, -0.25) is 9.79 Å². The van der Waals surface area contributed by atoms with E-state index in [-0.39, 0.29) is 29.9 Å². The van der Waals surface area contributed by atoms with Gasteiger partial charge >= 0.3 is 0 Å². The van der Waals surface area contributed by atoms with Gasteiger partial charge in [-0.2, -0.15) is 0 Å². The zero-order valence-corrected chi connectivity index (χ0v) is 21.6. The van der Waals surface area contributed by atoms with E-state index in [2.05, 4.69) is 30.5 Å². The van der Waals surface area contributed by atoms with Gasteiger partial charge in [-0.25, -0.2) is 9.97 Å². The van der Waals surface area contributed by atoms with Gasteiger partial charge in [0, 0.05) is 65.1 Å². The lowest BCUT2D eigenvalue weighted by Gasteiger charge is -2.34. The van der Waals surface area contributed by atoms with Crippen LogP contribution in [-0.4, -0.2) is 80.7 Å². The van der Waals surface area contributed by atoms with E-state index in [1.165, 1.54) is 0 Å². The molecule has 0 radical (unpaired) electrons. The molecule has 0 atom stereocenters. The van der Waals surface area contributed by atoms with Crippen LogP contribution in [0.4, 0.5) is 5.95 Å². The third kappa shape index (κ3) is 7.62. The van der Waals surface area contributed by atoms with E-state index < -0.39 is 0 Å². The first-order valence-corrected chi connectivity index (χ1v) is 10.6. The summed E-state index contributed by atoms with van der Waals surface area (Å²) in [5.41, 5.74) is 1.03. The monoisotopic (exact) mass is 569 g/mol. The van der Waals surface area contributed by atoms with Crippen molar-refractivity contribution in [1.82, 2.24) is 25.5 Å². The molecule has 0 bridgehead atoms. The average molecular weight is 569 g/mol. The van der Waals surface area contributed by atoms with Crippen LogP contribution in [0.15, 0.2) is 41.7 Å². The van der Waals surface area contributed by atoms with Gasteiger partial charge in [-0.15, -0.1) is 24.0 Å². The highest BCUT2D eigenvalue weighted by molar-refractivity contribution is 14.0. The van der Waals surface area contributed by atoms with Crippen molar-refractivity contribution < 1.29 is 14.3 Å². The first kappa shape index (κ1) is 26.4. The molecule has 11 heteroatoms. The van der Waals surface area contributed by atoms with Gasteiger partial charge in [0.1, 0.15) is 0 Å². The largest absolute Gasteiger partial charge is 0.493 e. The summed E-state index contributed by atoms with van der Waals surface area (Å²) in [6, 6.07) is 7.55. The van der Waals surface area contributed by atoms with Gasteiger partial charge in [0.2, 0.25) is 11.9 Å². The molecular weight excluding hydrogens is 537 g/mol. The van der Waals surface area contributed by atoms with Crippen molar-refractivity contribution in [3.05, 3.63) is 42.2 Å². The van der Waals surface area contributed by atoms with E-state index in [9.17, 15) is 4.79 Å². The molecule has 10 nitrogen and oxygen atoms in total. The number of amides is 1. The number of nitrogens with one attached hydrogen (secondary N) is 2. The number of ether oxygens (including phenoxy) is 2. The Labute approximate surface area is 211 Å². The Balaban J connectivity index is 0.00000385. The van der Waals surface area contributed by atoms with E-state index in [4.69, 9.17) is 9.47 Å². The number of hydrogen-bond acceptors (Lipinski definition) is 7. The van der Waals surface area contributed by atoms with Crippen molar-refractivity contribution in [2.24, 2.45) is 4.99 Å². The van der Waals surface area contributed by atoms with E-state index in [0.717, 1.165) is 18.7 Å². The number of nitrogens with zero attached hydrogens (tertiary/aromatic N) is 5. The normalized spacial score (nSPS) is 13.7. The third-order valence-electron chi connectivity index (χ3n) is 5.23. The van der Waals surface area contributed by atoms with Gasteiger partial charge in [0.15, 0.2) is 17.5 Å². The lowest BCUT2D eigenvalue weighted by molar-refractivity contribution is -0.131. The molecule has 1 saturated heterocycles. The number of rotatable bonds is 8. The molecular formula is C22H32IN7O3. The number of carbonyl (C=O) groups excluding carboxylic acids is 1. The topological polar surface area (TPSA) is 104 Å². The molecule has 1 aromatic carbocycles. The molecule has 1 amide bonds. The number of benzene rings is 1. The second-order valence-electron chi connectivity index (χ2n) is 7.21. The SMILES string of the molecule is CN=C(NCCC(=O)N1CCN(c2ncccn2)CC1)NCc1ccc(OC)c(OC)c1.I. The minimum absolute atomic E-state index is 0. The molecule has 180 valence electrons. The molecule has 33 heavy (non-hydrogen) atoms. The quantitative estimate of drug-likeness (QED) is 0.280. The fraction of sp³-hybridized carbons (Fsp3) is 0.455. The predicted octanol–water partition coefficient (Wildman–Crippen LogP) is 1.52. The summed E-state index contributed by atoms with van der Waals surface area (Å²) >= 11 is 0.